The van der Waals surface area contributed by atoms with Crippen molar-refractivity contribution in [2.45, 2.75) is 31.5 Å². The highest BCUT2D eigenvalue weighted by atomic mass is 16.5. The van der Waals surface area contributed by atoms with Gasteiger partial charge in [0.15, 0.2) is 0 Å². The number of anilines is 1. The second-order valence-corrected chi connectivity index (χ2v) is 6.70. The molecule has 4 rings (SSSR count). The van der Waals surface area contributed by atoms with Crippen molar-refractivity contribution in [2.24, 2.45) is 10.7 Å². The first-order valence-corrected chi connectivity index (χ1v) is 8.93. The van der Waals surface area contributed by atoms with Crippen LogP contribution in [0.3, 0.4) is 0 Å². The summed E-state index contributed by atoms with van der Waals surface area (Å²) < 4.78 is 5.36. The third-order valence-electron chi connectivity index (χ3n) is 4.67. The summed E-state index contributed by atoms with van der Waals surface area (Å²) in [6, 6.07) is 8.65. The molecule has 1 saturated carbocycles. The van der Waals surface area contributed by atoms with Crippen molar-refractivity contribution >= 4 is 23.1 Å². The summed E-state index contributed by atoms with van der Waals surface area (Å²) in [5, 5.41) is 9.84. The summed E-state index contributed by atoms with van der Waals surface area (Å²) >= 11 is 0. The van der Waals surface area contributed by atoms with E-state index in [1.165, 1.54) is 17.3 Å². The van der Waals surface area contributed by atoms with E-state index in [1.54, 1.807) is 0 Å². The lowest BCUT2D eigenvalue weighted by Crippen LogP contribution is -2.53. The Morgan fingerprint density at radius 2 is 2.08 bits per heavy atom. The summed E-state index contributed by atoms with van der Waals surface area (Å²) in [5.41, 5.74) is 9.35. The molecule has 5 N–H and O–H groups in total. The van der Waals surface area contributed by atoms with Crippen LogP contribution in [0.5, 0.6) is 0 Å². The maximum atomic E-state index is 11.6. The van der Waals surface area contributed by atoms with Crippen LogP contribution in [0.1, 0.15) is 24.8 Å². The summed E-state index contributed by atoms with van der Waals surface area (Å²) in [5.74, 6) is 0.124. The van der Waals surface area contributed by atoms with E-state index in [9.17, 15) is 4.79 Å². The molecule has 1 fully saturated rings. The van der Waals surface area contributed by atoms with E-state index in [0.717, 1.165) is 31.6 Å². The smallest absolute Gasteiger partial charge is 0.249 e. The van der Waals surface area contributed by atoms with Crippen LogP contribution in [0.15, 0.2) is 47.1 Å². The summed E-state index contributed by atoms with van der Waals surface area (Å²) in [4.78, 5) is 15.9. The molecule has 136 valence electrons. The predicted molar refractivity (Wildman–Crippen MR) is 101 cm³/mol. The topological polar surface area (TPSA) is 101 Å². The maximum absolute atomic E-state index is 11.6. The summed E-state index contributed by atoms with van der Waals surface area (Å²) in [6.07, 6.45) is 6.52. The molecule has 2 heterocycles. The van der Waals surface area contributed by atoms with Gasteiger partial charge in [-0.25, -0.2) is 4.99 Å². The maximum Gasteiger partial charge on any atom is 0.249 e. The molecule has 1 aromatic carbocycles. The van der Waals surface area contributed by atoms with E-state index in [-0.39, 0.29) is 6.17 Å². The van der Waals surface area contributed by atoms with Gasteiger partial charge in [0.1, 0.15) is 6.17 Å². The number of carbonyl (C=O) groups excluding carboxylic acids is 1. The number of nitrogens with two attached hydrogens (primary N) is 1. The molecule has 7 nitrogen and oxygen atoms in total. The normalized spacial score (nSPS) is 22.6. The number of ether oxygens (including phenoxy) is 1. The molecule has 1 unspecified atom stereocenters. The van der Waals surface area contributed by atoms with Crippen molar-refractivity contribution in [3.05, 3.63) is 47.7 Å². The van der Waals surface area contributed by atoms with Gasteiger partial charge in [0.25, 0.3) is 0 Å². The Balaban J connectivity index is 1.44. The highest BCUT2D eigenvalue weighted by molar-refractivity contribution is 6.00. The molecule has 1 aromatic rings. The Bertz CT molecular complexity index is 778. The van der Waals surface area contributed by atoms with E-state index in [4.69, 9.17) is 10.5 Å². The van der Waals surface area contributed by atoms with E-state index >= 15 is 0 Å². The molecular formula is C19H23N5O2. The largest absolute Gasteiger partial charge is 0.377 e. The summed E-state index contributed by atoms with van der Waals surface area (Å²) in [6.45, 7) is 1.45. The Labute approximate surface area is 152 Å². The average molecular weight is 353 g/mol. The van der Waals surface area contributed by atoms with Gasteiger partial charge in [-0.1, -0.05) is 18.2 Å². The lowest BCUT2D eigenvalue weighted by atomic mass is 10.0. The van der Waals surface area contributed by atoms with Crippen LogP contribution in [0, 0.1) is 0 Å². The predicted octanol–water partition coefficient (Wildman–Crippen LogP) is 1.31. The first-order chi connectivity index (χ1) is 12.7. The number of nitrogens with one attached hydrogen (secondary N) is 3. The zero-order valence-corrected chi connectivity index (χ0v) is 14.5. The molecule has 1 aliphatic carbocycles. The minimum absolute atomic E-state index is 0.313. The molecule has 3 aliphatic rings. The van der Waals surface area contributed by atoms with Gasteiger partial charge in [0.2, 0.25) is 11.9 Å². The van der Waals surface area contributed by atoms with Crippen LogP contribution in [0.2, 0.25) is 0 Å². The molecule has 0 aromatic heterocycles. The lowest BCUT2D eigenvalue weighted by Gasteiger charge is -2.26. The number of primary amides is 1. The molecule has 0 bridgehead atoms. The van der Waals surface area contributed by atoms with Crippen molar-refractivity contribution in [2.75, 3.05) is 18.5 Å². The number of hydrogen-bond acceptors (Lipinski definition) is 6. The SMILES string of the molecule is NC(=O)C1=CN=C(Nc2ccc(C3=CCOCC3)cc2)NC1NC1CC1. The Kier molecular flexibility index (Phi) is 4.73. The Morgan fingerprint density at radius 3 is 2.73 bits per heavy atom. The van der Waals surface area contributed by atoms with Crippen molar-refractivity contribution in [1.82, 2.24) is 10.6 Å². The molecule has 1 atom stereocenters. The molecular weight excluding hydrogens is 330 g/mol. The van der Waals surface area contributed by atoms with Crippen molar-refractivity contribution in [1.29, 1.82) is 0 Å². The van der Waals surface area contributed by atoms with Gasteiger partial charge >= 0.3 is 0 Å². The van der Waals surface area contributed by atoms with Crippen LogP contribution in [-0.4, -0.2) is 37.3 Å². The lowest BCUT2D eigenvalue weighted by molar-refractivity contribution is -0.115. The van der Waals surface area contributed by atoms with E-state index in [0.29, 0.717) is 24.2 Å². The number of amides is 1. The van der Waals surface area contributed by atoms with E-state index in [1.807, 2.05) is 12.1 Å². The minimum atomic E-state index is -0.465. The number of rotatable bonds is 5. The monoisotopic (exact) mass is 353 g/mol. The van der Waals surface area contributed by atoms with Crippen LogP contribution >= 0.6 is 0 Å². The zero-order chi connectivity index (χ0) is 17.9. The second-order valence-electron chi connectivity index (χ2n) is 6.70. The molecule has 26 heavy (non-hydrogen) atoms. The van der Waals surface area contributed by atoms with Gasteiger partial charge < -0.3 is 21.1 Å². The van der Waals surface area contributed by atoms with Gasteiger partial charge in [0, 0.05) is 17.9 Å². The first kappa shape index (κ1) is 16.8. The number of nitrogens with zero attached hydrogens (tertiary/aromatic N) is 1. The molecule has 1 amide bonds. The standard InChI is InChI=1S/C19H23N5O2/c20-17(25)16-11-21-19(24-18(16)22-14-5-6-14)23-15-3-1-12(2-4-15)13-7-9-26-10-8-13/h1-4,7,11,14,18,22H,5-6,8-10H2,(H2,20,25)(H2,21,23,24). The van der Waals surface area contributed by atoms with Crippen LogP contribution < -0.4 is 21.7 Å². The van der Waals surface area contributed by atoms with Gasteiger partial charge in [-0.05, 0) is 42.5 Å². The fraction of sp³-hybridized carbons (Fsp3) is 0.368. The molecule has 0 saturated heterocycles. The zero-order valence-electron chi connectivity index (χ0n) is 14.5. The minimum Gasteiger partial charge on any atom is -0.377 e. The molecule has 0 radical (unpaired) electrons. The van der Waals surface area contributed by atoms with Crippen LogP contribution in [-0.2, 0) is 9.53 Å². The van der Waals surface area contributed by atoms with Crippen molar-refractivity contribution < 1.29 is 9.53 Å². The average Bonchev–Trinajstić information content (AvgIpc) is 3.47. The van der Waals surface area contributed by atoms with Crippen molar-refractivity contribution in [3.8, 4) is 0 Å². The number of hydrogen-bond donors (Lipinski definition) is 4. The highest BCUT2D eigenvalue weighted by Crippen LogP contribution is 2.23. The first-order valence-electron chi connectivity index (χ1n) is 8.93. The van der Waals surface area contributed by atoms with Gasteiger partial charge in [-0.3, -0.25) is 10.1 Å². The third kappa shape index (κ3) is 3.95. The number of carbonyl (C=O) groups is 1. The highest BCUT2D eigenvalue weighted by Gasteiger charge is 2.30. The fourth-order valence-corrected chi connectivity index (χ4v) is 3.05. The van der Waals surface area contributed by atoms with Gasteiger partial charge in [-0.15, -0.1) is 0 Å². The van der Waals surface area contributed by atoms with Gasteiger partial charge in [0.05, 0.1) is 18.8 Å². The van der Waals surface area contributed by atoms with Gasteiger partial charge in [-0.2, -0.15) is 0 Å². The van der Waals surface area contributed by atoms with E-state index < -0.39 is 5.91 Å². The Morgan fingerprint density at radius 1 is 1.27 bits per heavy atom. The molecule has 7 heteroatoms. The summed E-state index contributed by atoms with van der Waals surface area (Å²) in [7, 11) is 0. The van der Waals surface area contributed by atoms with Crippen LogP contribution in [0.4, 0.5) is 5.69 Å². The number of aliphatic imine (C=N–C) groups is 1. The van der Waals surface area contributed by atoms with E-state index in [2.05, 4.69) is 39.2 Å². The van der Waals surface area contributed by atoms with Crippen molar-refractivity contribution in [3.63, 3.8) is 0 Å². The third-order valence-corrected chi connectivity index (χ3v) is 4.67. The van der Waals surface area contributed by atoms with Crippen LogP contribution in [0.25, 0.3) is 5.57 Å². The molecule has 2 aliphatic heterocycles. The number of guanidine groups is 1. The fourth-order valence-electron chi connectivity index (χ4n) is 3.05. The number of benzene rings is 1. The quantitative estimate of drug-likeness (QED) is 0.639. The Hall–Kier alpha value is -2.64. The molecule has 0 spiro atoms. The second kappa shape index (κ2) is 7.31.